The number of aromatic nitrogens is 3. The second kappa shape index (κ2) is 9.98. The van der Waals surface area contributed by atoms with Crippen LogP contribution in [0.1, 0.15) is 141 Å². The Morgan fingerprint density at radius 3 is 0.744 bits per heavy atom. The summed E-state index contributed by atoms with van der Waals surface area (Å²) < 4.78 is 0. The summed E-state index contributed by atoms with van der Waals surface area (Å²) >= 11 is 0. The minimum absolute atomic E-state index is 0.176. The molecule has 0 spiro atoms. The van der Waals surface area contributed by atoms with Crippen LogP contribution < -0.4 is 14.5 Å². The van der Waals surface area contributed by atoms with E-state index in [9.17, 15) is 0 Å². The first-order valence-electron chi connectivity index (χ1n) is 15.0. The second-order valence-corrected chi connectivity index (χ2v) is 15.8. The Morgan fingerprint density at radius 2 is 0.564 bits per heavy atom. The zero-order valence-corrected chi connectivity index (χ0v) is 26.8. The monoisotopic (exact) mass is 546 g/mol. The maximum Gasteiger partial charge on any atom is 0.345 e. The minimum atomic E-state index is -0.176. The number of rotatable bonds is 6. The molecule has 4 rings (SSSR count). The van der Waals surface area contributed by atoms with Gasteiger partial charge < -0.3 is 14.5 Å². The Hall–Kier alpha value is -1.71. The zero-order valence-electron chi connectivity index (χ0n) is 26.8. The third-order valence-electron chi connectivity index (χ3n) is 9.12. The molecule has 4 heterocycles. The first-order chi connectivity index (χ1) is 17.8. The molecular weight excluding hydrogens is 492 g/mol. The first-order valence-corrected chi connectivity index (χ1v) is 15.0. The summed E-state index contributed by atoms with van der Waals surface area (Å²) in [7, 11) is 0. The smallest absolute Gasteiger partial charge is 0.345 e. The molecule has 0 aliphatic carbocycles. The van der Waals surface area contributed by atoms with Gasteiger partial charge in [-0.1, -0.05) is 0 Å². The van der Waals surface area contributed by atoms with Crippen molar-refractivity contribution >= 4 is 0 Å². The fourth-order valence-electron chi connectivity index (χ4n) is 7.36. The Labute approximate surface area is 236 Å². The highest BCUT2D eigenvalue weighted by molar-refractivity contribution is 5.11. The van der Waals surface area contributed by atoms with Crippen molar-refractivity contribution in [1.29, 1.82) is 0 Å². The molecule has 3 aliphatic rings. The van der Waals surface area contributed by atoms with Crippen molar-refractivity contribution in [3.05, 3.63) is 0 Å². The Bertz CT molecular complexity index is 847. The summed E-state index contributed by atoms with van der Waals surface area (Å²) in [5.41, 5.74) is -1.06. The molecule has 39 heavy (non-hydrogen) atoms. The third kappa shape index (κ3) is 6.30. The first kappa shape index (κ1) is 30.3. The predicted octanol–water partition coefficient (Wildman–Crippen LogP) is 6.88. The van der Waals surface area contributed by atoms with E-state index in [4.69, 9.17) is 29.5 Å². The summed E-state index contributed by atoms with van der Waals surface area (Å²) in [5.74, 6) is 0. The molecule has 3 aliphatic heterocycles. The fraction of sp³-hybridized carbons (Fsp3) is 0.900. The van der Waals surface area contributed by atoms with E-state index in [0.29, 0.717) is 0 Å². The Morgan fingerprint density at radius 1 is 0.385 bits per heavy atom. The maximum absolute atomic E-state index is 6.53. The van der Waals surface area contributed by atoms with Gasteiger partial charge in [-0.05, 0) is 141 Å². The summed E-state index contributed by atoms with van der Waals surface area (Å²) in [6.45, 7) is 26.5. The van der Waals surface area contributed by atoms with Gasteiger partial charge >= 0.3 is 18.0 Å². The summed E-state index contributed by atoms with van der Waals surface area (Å²) in [6, 6.07) is 0.579. The van der Waals surface area contributed by atoms with Crippen molar-refractivity contribution in [2.75, 3.05) is 0 Å². The molecular formula is C30H54N6O3. The van der Waals surface area contributed by atoms with Gasteiger partial charge in [-0.3, -0.25) is 0 Å². The lowest BCUT2D eigenvalue weighted by Gasteiger charge is -2.51. The van der Waals surface area contributed by atoms with Gasteiger partial charge in [-0.2, -0.15) is 0 Å². The second-order valence-electron chi connectivity index (χ2n) is 15.8. The van der Waals surface area contributed by atoms with E-state index in [-0.39, 0.29) is 51.3 Å². The standard InChI is InChI=1S/C30H54N6O3/c1-25(2)16-13-17-26(3,4)34(25)37-22-31-23(38-35-27(5,6)18-14-19-28(35,7)8)33-24(32-22)39-36-29(9,10)20-15-21-30(36,11)12/h13-21H2,1-12H3. The largest absolute Gasteiger partial charge is 0.364 e. The van der Waals surface area contributed by atoms with E-state index >= 15 is 0 Å². The summed E-state index contributed by atoms with van der Waals surface area (Å²) in [6.07, 6.45) is 9.62. The van der Waals surface area contributed by atoms with Crippen LogP contribution in [0.3, 0.4) is 0 Å². The molecule has 0 aromatic carbocycles. The van der Waals surface area contributed by atoms with Crippen LogP contribution in [0.4, 0.5) is 0 Å². The summed E-state index contributed by atoms with van der Waals surface area (Å²) in [5, 5.41) is 6.15. The van der Waals surface area contributed by atoms with E-state index in [1.54, 1.807) is 0 Å². The van der Waals surface area contributed by atoms with Crippen LogP contribution in [0.15, 0.2) is 0 Å². The van der Waals surface area contributed by atoms with Crippen LogP contribution in [0.5, 0.6) is 18.0 Å². The molecule has 0 bridgehead atoms. The Balaban J connectivity index is 1.73. The number of piperidine rings is 3. The fourth-order valence-corrected chi connectivity index (χ4v) is 7.36. The molecule has 3 saturated heterocycles. The maximum atomic E-state index is 6.53. The molecule has 1 aromatic heterocycles. The molecule has 0 unspecified atom stereocenters. The van der Waals surface area contributed by atoms with E-state index < -0.39 is 0 Å². The predicted molar refractivity (Wildman–Crippen MR) is 153 cm³/mol. The van der Waals surface area contributed by atoms with Gasteiger partial charge in [-0.15, -0.1) is 30.1 Å². The van der Waals surface area contributed by atoms with Crippen LogP contribution in [-0.2, 0) is 0 Å². The topological polar surface area (TPSA) is 76.1 Å². The van der Waals surface area contributed by atoms with Crippen LogP contribution in [0.2, 0.25) is 0 Å². The number of nitrogens with zero attached hydrogens (tertiary/aromatic N) is 6. The minimum Gasteiger partial charge on any atom is -0.364 e. The van der Waals surface area contributed by atoms with Gasteiger partial charge in [0.1, 0.15) is 0 Å². The molecule has 3 fully saturated rings. The van der Waals surface area contributed by atoms with Gasteiger partial charge in [0.2, 0.25) is 0 Å². The highest BCUT2D eigenvalue weighted by atomic mass is 16.7. The van der Waals surface area contributed by atoms with Crippen molar-refractivity contribution in [3.63, 3.8) is 0 Å². The lowest BCUT2D eigenvalue weighted by atomic mass is 9.82. The molecule has 0 amide bonds. The Kier molecular flexibility index (Phi) is 7.74. The van der Waals surface area contributed by atoms with Crippen LogP contribution >= 0.6 is 0 Å². The van der Waals surface area contributed by atoms with Crippen molar-refractivity contribution in [3.8, 4) is 18.0 Å². The van der Waals surface area contributed by atoms with Crippen LogP contribution in [0, 0.1) is 0 Å². The molecule has 0 radical (unpaired) electrons. The van der Waals surface area contributed by atoms with Gasteiger partial charge in [-0.25, -0.2) is 0 Å². The quantitative estimate of drug-likeness (QED) is 0.379. The summed E-state index contributed by atoms with van der Waals surface area (Å²) in [4.78, 5) is 33.7. The van der Waals surface area contributed by atoms with Gasteiger partial charge in [0.25, 0.3) is 0 Å². The molecule has 222 valence electrons. The van der Waals surface area contributed by atoms with Gasteiger partial charge in [0, 0.05) is 0 Å². The van der Waals surface area contributed by atoms with Crippen molar-refractivity contribution < 1.29 is 14.5 Å². The lowest BCUT2D eigenvalue weighted by molar-refractivity contribution is -0.234. The van der Waals surface area contributed by atoms with E-state index in [1.807, 2.05) is 0 Å². The average molecular weight is 547 g/mol. The highest BCUT2D eigenvalue weighted by Crippen LogP contribution is 2.42. The average Bonchev–Trinajstić information content (AvgIpc) is 2.75. The van der Waals surface area contributed by atoms with Crippen molar-refractivity contribution in [2.24, 2.45) is 0 Å². The number of hydrogen-bond acceptors (Lipinski definition) is 9. The molecule has 0 saturated carbocycles. The van der Waals surface area contributed by atoms with Crippen LogP contribution in [-0.4, -0.2) is 63.4 Å². The molecule has 9 heteroatoms. The van der Waals surface area contributed by atoms with Crippen LogP contribution in [0.25, 0.3) is 0 Å². The van der Waals surface area contributed by atoms with Gasteiger partial charge in [0.05, 0.1) is 33.2 Å². The van der Waals surface area contributed by atoms with E-state index in [0.717, 1.165) is 57.8 Å². The molecule has 0 atom stereocenters. The number of hydroxylamine groups is 6. The highest BCUT2D eigenvalue weighted by Gasteiger charge is 2.47. The molecule has 0 N–H and O–H groups in total. The molecule has 9 nitrogen and oxygen atoms in total. The SMILES string of the molecule is CC1(C)CCCC(C)(C)N1Oc1nc(ON2C(C)(C)CCCC2(C)C)nc(ON2C(C)(C)CCCC2(C)C)n1. The van der Waals surface area contributed by atoms with Gasteiger partial charge in [0.15, 0.2) is 0 Å². The van der Waals surface area contributed by atoms with Crippen molar-refractivity contribution in [2.45, 2.75) is 174 Å². The van der Waals surface area contributed by atoms with Crippen molar-refractivity contribution in [1.82, 2.24) is 30.1 Å². The number of hydrogen-bond donors (Lipinski definition) is 0. The molecule has 1 aromatic rings. The zero-order chi connectivity index (χ0) is 29.1. The van der Waals surface area contributed by atoms with E-state index in [2.05, 4.69) is 98.3 Å². The third-order valence-corrected chi connectivity index (χ3v) is 9.12. The lowest BCUT2D eigenvalue weighted by Crippen LogP contribution is -2.61. The normalized spacial score (nSPS) is 28.0. The van der Waals surface area contributed by atoms with E-state index in [1.165, 1.54) is 0 Å².